The van der Waals surface area contributed by atoms with Crippen LogP contribution in [-0.2, 0) is 25.5 Å². The van der Waals surface area contributed by atoms with Gasteiger partial charge in [0.1, 0.15) is 11.6 Å². The lowest BCUT2D eigenvalue weighted by Crippen LogP contribution is -2.59. The molecule has 3 aliphatic heterocycles. The predicted octanol–water partition coefficient (Wildman–Crippen LogP) is 4.43. The van der Waals surface area contributed by atoms with Crippen molar-refractivity contribution in [3.63, 3.8) is 0 Å². The summed E-state index contributed by atoms with van der Waals surface area (Å²) in [5, 5.41) is 11.2. The molecule has 8 nitrogen and oxygen atoms in total. The molecule has 3 unspecified atom stereocenters. The largest absolute Gasteiger partial charge is 0.394 e. The number of halogens is 1. The van der Waals surface area contributed by atoms with Gasteiger partial charge in [-0.1, -0.05) is 73.1 Å². The van der Waals surface area contributed by atoms with E-state index in [4.69, 9.17) is 16.3 Å². The van der Waals surface area contributed by atoms with E-state index in [2.05, 4.69) is 13.2 Å². The molecule has 2 bridgehead atoms. The summed E-state index contributed by atoms with van der Waals surface area (Å²) in [6, 6.07) is 13.1. The number of ether oxygens (including phenoxy) is 1. The first-order valence-electron chi connectivity index (χ1n) is 15.2. The van der Waals surface area contributed by atoms with Crippen LogP contribution in [0.1, 0.15) is 31.4 Å². The molecule has 9 heteroatoms. The third-order valence-corrected chi connectivity index (χ3v) is 10.3. The first-order valence-corrected chi connectivity index (χ1v) is 15.5. The summed E-state index contributed by atoms with van der Waals surface area (Å²) in [6.07, 6.45) is 4.00. The van der Waals surface area contributed by atoms with E-state index < -0.39 is 35.1 Å². The number of likely N-dealkylation sites (tertiary alicyclic amines) is 1. The minimum atomic E-state index is -1.28. The van der Waals surface area contributed by atoms with Crippen LogP contribution >= 0.6 is 11.6 Å². The van der Waals surface area contributed by atoms with Crippen molar-refractivity contribution >= 4 is 35.0 Å². The molecule has 3 saturated heterocycles. The van der Waals surface area contributed by atoms with Gasteiger partial charge in [-0.2, -0.15) is 0 Å². The highest BCUT2D eigenvalue weighted by Crippen LogP contribution is 2.66. The van der Waals surface area contributed by atoms with E-state index in [0.717, 1.165) is 11.1 Å². The van der Waals surface area contributed by atoms with E-state index in [-0.39, 0.29) is 36.8 Å². The smallest absolute Gasteiger partial charge is 0.253 e. The number of carbonyl (C=O) groups excluding carboxylic acids is 3. The molecule has 3 heterocycles. The van der Waals surface area contributed by atoms with E-state index in [1.807, 2.05) is 63.2 Å². The van der Waals surface area contributed by atoms with Gasteiger partial charge < -0.3 is 24.5 Å². The highest BCUT2D eigenvalue weighted by atomic mass is 35.5. The average molecular weight is 620 g/mol. The number of benzene rings is 2. The lowest BCUT2D eigenvalue weighted by molar-refractivity contribution is -0.153. The number of carbonyl (C=O) groups is 3. The molecule has 0 radical (unpaired) electrons. The molecule has 0 aliphatic carbocycles. The van der Waals surface area contributed by atoms with Gasteiger partial charge in [-0.25, -0.2) is 0 Å². The highest BCUT2D eigenvalue weighted by molar-refractivity contribution is 6.34. The number of hydrogen-bond acceptors (Lipinski definition) is 5. The molecule has 3 amide bonds. The van der Waals surface area contributed by atoms with Crippen molar-refractivity contribution < 1.29 is 24.2 Å². The lowest BCUT2D eigenvalue weighted by Gasteiger charge is -2.40. The van der Waals surface area contributed by atoms with Gasteiger partial charge in [-0.15, -0.1) is 13.2 Å². The Hall–Kier alpha value is -3.46. The Bertz CT molecular complexity index is 1450. The van der Waals surface area contributed by atoms with Crippen LogP contribution in [0, 0.1) is 24.7 Å². The number of aliphatic hydroxyl groups is 1. The second kappa shape index (κ2) is 12.1. The molecular formula is C35H42ClN3O5. The van der Waals surface area contributed by atoms with Crippen molar-refractivity contribution in [2.24, 2.45) is 17.8 Å². The zero-order chi connectivity index (χ0) is 32.0. The Morgan fingerprint density at radius 1 is 1.14 bits per heavy atom. The number of aliphatic hydroxyl groups excluding tert-OH is 1. The fraction of sp³-hybridized carbons (Fsp3) is 0.457. The molecule has 0 aromatic heterocycles. The maximum absolute atomic E-state index is 15.1. The van der Waals surface area contributed by atoms with Crippen molar-refractivity contribution in [2.75, 3.05) is 31.6 Å². The summed E-state index contributed by atoms with van der Waals surface area (Å²) in [6.45, 7) is 13.5. The van der Waals surface area contributed by atoms with Gasteiger partial charge >= 0.3 is 0 Å². The van der Waals surface area contributed by atoms with Gasteiger partial charge in [-0.05, 0) is 49.8 Å². The Labute approximate surface area is 264 Å². The summed E-state index contributed by atoms with van der Waals surface area (Å²) in [7, 11) is 1.69. The fourth-order valence-electron chi connectivity index (χ4n) is 7.92. The number of para-hydroxylation sites is 1. The summed E-state index contributed by atoms with van der Waals surface area (Å²) < 4.78 is 6.93. The van der Waals surface area contributed by atoms with Crippen LogP contribution in [0.5, 0.6) is 0 Å². The molecule has 1 spiro atoms. The minimum Gasteiger partial charge on any atom is -0.394 e. The van der Waals surface area contributed by atoms with E-state index in [0.29, 0.717) is 30.1 Å². The molecule has 5 rings (SSSR count). The molecule has 2 aromatic carbocycles. The standard InChI is InChI=1S/C35H42ClN3O5/c1-7-17-37(6)31(41)27-28-32(42)39(25(21-40)19-24-14-10-9-11-15-24)30(35(28)20-23(4)34(27,5)44-35)33(43)38(18-8-2)29-22(3)13-12-16-26(29)36/h7-16,23,25,27-28,30,40H,1-2,17-21H2,3-6H3/t23?,25-,27-,28+,30?,34+,35?/m1/s1. The number of nitrogens with zero attached hydrogens (tertiary/aromatic N) is 3. The van der Waals surface area contributed by atoms with Crippen LogP contribution in [0.2, 0.25) is 5.02 Å². The van der Waals surface area contributed by atoms with E-state index in [1.54, 1.807) is 35.1 Å². The maximum Gasteiger partial charge on any atom is 0.253 e. The third-order valence-electron chi connectivity index (χ3n) is 9.99. The Kier molecular flexibility index (Phi) is 8.82. The van der Waals surface area contributed by atoms with Crippen molar-refractivity contribution in [3.8, 4) is 0 Å². The summed E-state index contributed by atoms with van der Waals surface area (Å²) in [5.41, 5.74) is -0.0170. The van der Waals surface area contributed by atoms with Crippen LogP contribution in [0.15, 0.2) is 73.8 Å². The molecular weight excluding hydrogens is 578 g/mol. The lowest BCUT2D eigenvalue weighted by atomic mass is 9.62. The number of likely N-dealkylation sites (N-methyl/N-ethyl adjacent to an activating group) is 1. The quantitative estimate of drug-likeness (QED) is 0.376. The van der Waals surface area contributed by atoms with Gasteiger partial charge in [-0.3, -0.25) is 14.4 Å². The number of anilines is 1. The van der Waals surface area contributed by atoms with Crippen molar-refractivity contribution in [2.45, 2.75) is 56.9 Å². The van der Waals surface area contributed by atoms with E-state index >= 15 is 4.79 Å². The normalized spacial score (nSPS) is 29.3. The maximum atomic E-state index is 15.1. The fourth-order valence-corrected chi connectivity index (χ4v) is 8.24. The van der Waals surface area contributed by atoms with E-state index in [1.165, 1.54) is 4.90 Å². The Morgan fingerprint density at radius 2 is 1.82 bits per heavy atom. The van der Waals surface area contributed by atoms with E-state index in [9.17, 15) is 14.7 Å². The first kappa shape index (κ1) is 31.9. The number of fused-ring (bicyclic) bond motifs is 1. The van der Waals surface area contributed by atoms with Crippen LogP contribution in [0.3, 0.4) is 0 Å². The number of hydrogen-bond donors (Lipinski definition) is 1. The third kappa shape index (κ3) is 4.88. The molecule has 234 valence electrons. The number of amides is 3. The Balaban J connectivity index is 1.69. The average Bonchev–Trinajstić information content (AvgIpc) is 3.51. The zero-order valence-electron chi connectivity index (χ0n) is 25.9. The molecule has 0 saturated carbocycles. The topological polar surface area (TPSA) is 90.4 Å². The van der Waals surface area contributed by atoms with Crippen LogP contribution < -0.4 is 4.90 Å². The molecule has 3 fully saturated rings. The monoisotopic (exact) mass is 619 g/mol. The number of rotatable bonds is 11. The van der Waals surface area contributed by atoms with Crippen molar-refractivity contribution in [1.82, 2.24) is 9.80 Å². The second-order valence-corrected chi connectivity index (χ2v) is 13.0. The zero-order valence-corrected chi connectivity index (χ0v) is 26.7. The van der Waals surface area contributed by atoms with Crippen molar-refractivity contribution in [3.05, 3.63) is 90.0 Å². The van der Waals surface area contributed by atoms with Gasteiger partial charge in [0.2, 0.25) is 11.8 Å². The van der Waals surface area contributed by atoms with Gasteiger partial charge in [0, 0.05) is 20.1 Å². The first-order chi connectivity index (χ1) is 21.0. The molecule has 44 heavy (non-hydrogen) atoms. The van der Waals surface area contributed by atoms with Crippen molar-refractivity contribution in [1.29, 1.82) is 0 Å². The van der Waals surface area contributed by atoms with Gasteiger partial charge in [0.15, 0.2) is 0 Å². The number of aryl methyl sites for hydroxylation is 1. The summed E-state index contributed by atoms with van der Waals surface area (Å²) >= 11 is 6.70. The minimum absolute atomic E-state index is 0.121. The van der Waals surface area contributed by atoms with Crippen LogP contribution in [-0.4, -0.2) is 82.7 Å². The van der Waals surface area contributed by atoms with Crippen LogP contribution in [0.4, 0.5) is 5.69 Å². The Morgan fingerprint density at radius 3 is 2.43 bits per heavy atom. The predicted molar refractivity (Wildman–Crippen MR) is 171 cm³/mol. The second-order valence-electron chi connectivity index (χ2n) is 12.6. The summed E-state index contributed by atoms with van der Waals surface area (Å²) in [5.74, 6) is -2.79. The van der Waals surface area contributed by atoms with Gasteiger partial charge in [0.05, 0.1) is 40.8 Å². The summed E-state index contributed by atoms with van der Waals surface area (Å²) in [4.78, 5) is 48.6. The molecule has 7 atom stereocenters. The van der Waals surface area contributed by atoms with Crippen LogP contribution in [0.25, 0.3) is 0 Å². The SMILES string of the molecule is C=CCN(C)C(=O)[C@H]1[C@H]2C(=O)N([C@@H](CO)Cc3ccccc3)C(C(=O)N(CC=C)c3c(C)cccc3Cl)C23CC(C)[C@]1(C)O3. The molecule has 2 aromatic rings. The highest BCUT2D eigenvalue weighted by Gasteiger charge is 2.80. The molecule has 1 N–H and O–H groups in total. The molecule has 3 aliphatic rings. The van der Waals surface area contributed by atoms with Gasteiger partial charge in [0.25, 0.3) is 5.91 Å².